The Hall–Kier alpha value is -2.13. The molecular weight excluding hydrogens is 286 g/mol. The van der Waals surface area contributed by atoms with Gasteiger partial charge in [0.1, 0.15) is 0 Å². The molecule has 0 saturated carbocycles. The summed E-state index contributed by atoms with van der Waals surface area (Å²) in [6, 6.07) is 19.2. The molecule has 1 aliphatic heterocycles. The number of likely N-dealkylation sites (tertiary alicyclic amines) is 1. The summed E-state index contributed by atoms with van der Waals surface area (Å²) in [4.78, 5) is 14.0. The topological polar surface area (TPSA) is 29.5 Å². The number of carbonyl (C=O) groups excluding carboxylic acids is 1. The van der Waals surface area contributed by atoms with E-state index < -0.39 is 0 Å². The van der Waals surface area contributed by atoms with E-state index in [1.54, 1.807) is 0 Å². The minimum absolute atomic E-state index is 0.0585. The van der Waals surface area contributed by atoms with Crippen LogP contribution in [0.2, 0.25) is 0 Å². The van der Waals surface area contributed by atoms with Crippen molar-refractivity contribution in [1.82, 2.24) is 4.90 Å². The molecule has 0 aliphatic carbocycles. The molecule has 3 rings (SSSR count). The lowest BCUT2D eigenvalue weighted by atomic mass is 9.96. The van der Waals surface area contributed by atoms with Gasteiger partial charge in [-0.15, -0.1) is 0 Å². The Balaban J connectivity index is 1.56. The fourth-order valence-corrected chi connectivity index (χ4v) is 3.18. The summed E-state index contributed by atoms with van der Waals surface area (Å²) in [7, 11) is 1.48. The third-order valence-corrected chi connectivity index (χ3v) is 4.59. The summed E-state index contributed by atoms with van der Waals surface area (Å²) in [6.45, 7) is 2.86. The van der Waals surface area contributed by atoms with E-state index in [1.165, 1.54) is 23.8 Å². The molecule has 120 valence electrons. The van der Waals surface area contributed by atoms with Gasteiger partial charge in [0, 0.05) is 6.54 Å². The van der Waals surface area contributed by atoms with E-state index in [9.17, 15) is 4.79 Å². The number of hydrogen-bond acceptors (Lipinski definition) is 3. The highest BCUT2D eigenvalue weighted by Gasteiger charge is 2.25. The quantitative estimate of drug-likeness (QED) is 0.806. The van der Waals surface area contributed by atoms with Crippen LogP contribution in [-0.4, -0.2) is 31.1 Å². The third kappa shape index (κ3) is 3.99. The molecule has 1 heterocycles. The molecule has 0 atom stereocenters. The zero-order valence-electron chi connectivity index (χ0n) is 13.6. The van der Waals surface area contributed by atoms with Gasteiger partial charge in [0.15, 0.2) is 0 Å². The van der Waals surface area contributed by atoms with Crippen LogP contribution in [0.5, 0.6) is 0 Å². The minimum atomic E-state index is -0.0585. The predicted octanol–water partition coefficient (Wildman–Crippen LogP) is 3.74. The van der Waals surface area contributed by atoms with Gasteiger partial charge < -0.3 is 4.74 Å². The molecule has 2 aromatic rings. The van der Waals surface area contributed by atoms with Gasteiger partial charge in [-0.05, 0) is 42.6 Å². The maximum atomic E-state index is 11.6. The average molecular weight is 309 g/mol. The number of methoxy groups -OCH3 is 1. The minimum Gasteiger partial charge on any atom is -0.469 e. The second-order valence-electron chi connectivity index (χ2n) is 6.14. The van der Waals surface area contributed by atoms with Crippen molar-refractivity contribution < 1.29 is 9.53 Å². The maximum absolute atomic E-state index is 11.6. The Kier molecular flexibility index (Phi) is 5.09. The van der Waals surface area contributed by atoms with Gasteiger partial charge in [-0.25, -0.2) is 0 Å². The number of esters is 1. The van der Waals surface area contributed by atoms with E-state index in [4.69, 9.17) is 4.74 Å². The molecule has 0 unspecified atom stereocenters. The van der Waals surface area contributed by atoms with Crippen molar-refractivity contribution in [1.29, 1.82) is 0 Å². The van der Waals surface area contributed by atoms with Crippen molar-refractivity contribution in [3.05, 3.63) is 60.2 Å². The highest BCUT2D eigenvalue weighted by Crippen LogP contribution is 2.22. The first-order valence-corrected chi connectivity index (χ1v) is 8.21. The van der Waals surface area contributed by atoms with Crippen LogP contribution < -0.4 is 0 Å². The number of ether oxygens (including phenoxy) is 1. The number of piperidine rings is 1. The van der Waals surface area contributed by atoms with Gasteiger partial charge in [-0.1, -0.05) is 54.6 Å². The van der Waals surface area contributed by atoms with Crippen molar-refractivity contribution in [2.24, 2.45) is 5.92 Å². The summed E-state index contributed by atoms with van der Waals surface area (Å²) in [6.07, 6.45) is 1.80. The first-order valence-electron chi connectivity index (χ1n) is 8.21. The molecule has 0 radical (unpaired) electrons. The number of nitrogens with zero attached hydrogens (tertiary/aromatic N) is 1. The van der Waals surface area contributed by atoms with E-state index in [-0.39, 0.29) is 11.9 Å². The van der Waals surface area contributed by atoms with E-state index in [0.717, 1.165) is 32.5 Å². The first kappa shape index (κ1) is 15.8. The van der Waals surface area contributed by atoms with Gasteiger partial charge in [-0.3, -0.25) is 9.69 Å². The van der Waals surface area contributed by atoms with Gasteiger partial charge in [0.2, 0.25) is 0 Å². The monoisotopic (exact) mass is 309 g/mol. The van der Waals surface area contributed by atoms with Crippen LogP contribution in [0, 0.1) is 5.92 Å². The molecule has 3 nitrogen and oxygen atoms in total. The Morgan fingerprint density at radius 2 is 1.61 bits per heavy atom. The van der Waals surface area contributed by atoms with Gasteiger partial charge >= 0.3 is 5.97 Å². The lowest BCUT2D eigenvalue weighted by molar-refractivity contribution is -0.147. The molecule has 23 heavy (non-hydrogen) atoms. The van der Waals surface area contributed by atoms with Crippen LogP contribution in [0.3, 0.4) is 0 Å². The van der Waals surface area contributed by atoms with E-state index >= 15 is 0 Å². The van der Waals surface area contributed by atoms with Gasteiger partial charge in [0.05, 0.1) is 13.0 Å². The molecule has 0 N–H and O–H groups in total. The largest absolute Gasteiger partial charge is 0.469 e. The normalized spacial score (nSPS) is 16.2. The van der Waals surface area contributed by atoms with Crippen LogP contribution in [0.1, 0.15) is 18.4 Å². The average Bonchev–Trinajstić information content (AvgIpc) is 2.63. The van der Waals surface area contributed by atoms with Crippen LogP contribution in [0.25, 0.3) is 11.1 Å². The Labute approximate surface area is 137 Å². The second kappa shape index (κ2) is 7.42. The van der Waals surface area contributed by atoms with E-state index in [0.29, 0.717) is 0 Å². The molecule has 3 heteroatoms. The van der Waals surface area contributed by atoms with Gasteiger partial charge in [-0.2, -0.15) is 0 Å². The molecule has 1 fully saturated rings. The summed E-state index contributed by atoms with van der Waals surface area (Å²) in [5, 5.41) is 0. The number of rotatable bonds is 4. The number of benzene rings is 2. The molecular formula is C20H23NO2. The SMILES string of the molecule is COC(=O)C1CCN(Cc2ccc(-c3ccccc3)cc2)CC1. The smallest absolute Gasteiger partial charge is 0.308 e. The molecule has 0 amide bonds. The fourth-order valence-electron chi connectivity index (χ4n) is 3.18. The molecule has 0 aromatic heterocycles. The summed E-state index contributed by atoms with van der Waals surface area (Å²) >= 11 is 0. The summed E-state index contributed by atoms with van der Waals surface area (Å²) < 4.78 is 4.84. The highest BCUT2D eigenvalue weighted by atomic mass is 16.5. The molecule has 1 saturated heterocycles. The maximum Gasteiger partial charge on any atom is 0.308 e. The standard InChI is InChI=1S/C20H23NO2/c1-23-20(22)19-11-13-21(14-12-19)15-16-7-9-18(10-8-16)17-5-3-2-4-6-17/h2-10,19H,11-15H2,1H3. The summed E-state index contributed by atoms with van der Waals surface area (Å²) in [5.74, 6) is 0.0218. The molecule has 0 spiro atoms. The number of carbonyl (C=O) groups is 1. The van der Waals surface area contributed by atoms with E-state index in [1.807, 2.05) is 6.07 Å². The third-order valence-electron chi connectivity index (χ3n) is 4.59. The van der Waals surface area contributed by atoms with Crippen molar-refractivity contribution in [2.45, 2.75) is 19.4 Å². The Morgan fingerprint density at radius 1 is 1.00 bits per heavy atom. The lowest BCUT2D eigenvalue weighted by Crippen LogP contribution is -2.36. The van der Waals surface area contributed by atoms with Crippen LogP contribution >= 0.6 is 0 Å². The van der Waals surface area contributed by atoms with Gasteiger partial charge in [0.25, 0.3) is 0 Å². The van der Waals surface area contributed by atoms with Crippen molar-refractivity contribution in [2.75, 3.05) is 20.2 Å². The van der Waals surface area contributed by atoms with E-state index in [2.05, 4.69) is 53.4 Å². The number of hydrogen-bond donors (Lipinski definition) is 0. The Morgan fingerprint density at radius 3 is 2.22 bits per heavy atom. The molecule has 0 bridgehead atoms. The zero-order chi connectivity index (χ0) is 16.1. The van der Waals surface area contributed by atoms with Crippen LogP contribution in [-0.2, 0) is 16.1 Å². The fraction of sp³-hybridized carbons (Fsp3) is 0.350. The first-order chi connectivity index (χ1) is 11.3. The second-order valence-corrected chi connectivity index (χ2v) is 6.14. The lowest BCUT2D eigenvalue weighted by Gasteiger charge is -2.30. The zero-order valence-corrected chi connectivity index (χ0v) is 13.6. The van der Waals surface area contributed by atoms with Crippen molar-refractivity contribution in [3.8, 4) is 11.1 Å². The van der Waals surface area contributed by atoms with Crippen molar-refractivity contribution in [3.63, 3.8) is 0 Å². The molecule has 2 aromatic carbocycles. The van der Waals surface area contributed by atoms with Crippen LogP contribution in [0.15, 0.2) is 54.6 Å². The molecule has 1 aliphatic rings. The Bertz CT molecular complexity index is 628. The summed E-state index contributed by atoms with van der Waals surface area (Å²) in [5.41, 5.74) is 3.82. The van der Waals surface area contributed by atoms with Crippen LogP contribution in [0.4, 0.5) is 0 Å². The highest BCUT2D eigenvalue weighted by molar-refractivity contribution is 5.72. The van der Waals surface area contributed by atoms with Crippen molar-refractivity contribution >= 4 is 5.97 Å². The predicted molar refractivity (Wildman–Crippen MR) is 91.9 cm³/mol.